The number of carbonyl (C=O) groups is 1. The summed E-state index contributed by atoms with van der Waals surface area (Å²) in [6.07, 6.45) is 0. The molecule has 0 aliphatic heterocycles. The van der Waals surface area contributed by atoms with E-state index < -0.39 is 0 Å². The van der Waals surface area contributed by atoms with Gasteiger partial charge in [-0.1, -0.05) is 119 Å². The largest absolute Gasteiger partial charge is 0.488 e. The molecule has 0 aliphatic rings. The molecule has 288 valence electrons. The van der Waals surface area contributed by atoms with Gasteiger partial charge in [0.25, 0.3) is 0 Å². The molecule has 6 aromatic carbocycles. The van der Waals surface area contributed by atoms with Crippen LogP contribution in [-0.2, 0) is 13.2 Å². The number of thiazole rings is 2. The molecule has 2 aromatic heterocycles. The van der Waals surface area contributed by atoms with E-state index >= 15 is 0 Å². The maximum absolute atomic E-state index is 14.4. The minimum absolute atomic E-state index is 0.225. The molecule has 9 nitrogen and oxygen atoms in total. The first kappa shape index (κ1) is 38.5. The lowest BCUT2D eigenvalue weighted by molar-refractivity contribution is 0.103. The number of nitrogens with two attached hydrogens (primary N) is 2. The van der Waals surface area contributed by atoms with Crippen molar-refractivity contribution in [2.45, 2.75) is 13.2 Å². The molecule has 8 rings (SSSR count). The first-order valence-corrected chi connectivity index (χ1v) is 20.4. The minimum atomic E-state index is -0.225. The normalized spacial score (nSPS) is 10.9. The SMILES string of the molecule is Nc1nc(Nc2ccc(Cl)cc2)sc1-c1ccc(C(=O)c2ccc(-c3sc(Nc4ccc(Cl)cc4)nc3N)c(OCc3ccccc3)c2)cc1OCc1ccccc1. The highest BCUT2D eigenvalue weighted by atomic mass is 35.5. The Labute approximate surface area is 352 Å². The fourth-order valence-corrected chi connectivity index (χ4v) is 8.17. The number of carbonyl (C=O) groups excluding carboxylic acids is 1. The lowest BCUT2D eigenvalue weighted by Gasteiger charge is -2.15. The summed E-state index contributed by atoms with van der Waals surface area (Å²) in [6.45, 7) is 0.550. The molecule has 8 aromatic rings. The lowest BCUT2D eigenvalue weighted by atomic mass is 9.99. The van der Waals surface area contributed by atoms with Crippen molar-refractivity contribution in [3.8, 4) is 32.4 Å². The number of aromatic nitrogens is 2. The standard InChI is InChI=1S/C45H34Cl2N6O3S2/c46-31-13-17-33(18-14-31)50-44-52-42(48)40(57-44)35-21-11-29(23-37(35)55-25-27-7-3-1-4-8-27)39(54)30-12-22-36(38(24-30)56-26-28-9-5-2-6-10-28)41-43(49)53-45(58-41)51-34-19-15-32(47)16-20-34/h1-24H,25-26,48-49H2,(H,50,52)(H,51,53). The van der Waals surface area contributed by atoms with Gasteiger partial charge in [-0.15, -0.1) is 0 Å². The third-order valence-electron chi connectivity index (χ3n) is 8.95. The molecule has 0 saturated heterocycles. The molecule has 0 fully saturated rings. The van der Waals surface area contributed by atoms with E-state index in [4.69, 9.17) is 44.1 Å². The highest BCUT2D eigenvalue weighted by molar-refractivity contribution is 7.20. The van der Waals surface area contributed by atoms with Crippen LogP contribution in [0.15, 0.2) is 146 Å². The van der Waals surface area contributed by atoms with E-state index in [2.05, 4.69) is 20.6 Å². The minimum Gasteiger partial charge on any atom is -0.488 e. The second-order valence-electron chi connectivity index (χ2n) is 13.0. The number of hydrogen-bond acceptors (Lipinski definition) is 11. The van der Waals surface area contributed by atoms with Crippen molar-refractivity contribution in [1.82, 2.24) is 9.97 Å². The van der Waals surface area contributed by atoms with Gasteiger partial charge in [-0.05, 0) is 83.9 Å². The third-order valence-corrected chi connectivity index (χ3v) is 11.5. The van der Waals surface area contributed by atoms with E-state index in [0.717, 1.165) is 22.5 Å². The van der Waals surface area contributed by atoms with Gasteiger partial charge in [0, 0.05) is 43.7 Å². The number of ketones is 1. The van der Waals surface area contributed by atoms with Crippen molar-refractivity contribution >= 4 is 84.9 Å². The number of ether oxygens (including phenoxy) is 2. The van der Waals surface area contributed by atoms with E-state index in [1.807, 2.05) is 97.1 Å². The van der Waals surface area contributed by atoms with E-state index in [1.165, 1.54) is 22.7 Å². The predicted molar refractivity (Wildman–Crippen MR) is 238 cm³/mol. The van der Waals surface area contributed by atoms with Gasteiger partial charge < -0.3 is 31.6 Å². The number of benzene rings is 6. The van der Waals surface area contributed by atoms with Crippen molar-refractivity contribution in [2.24, 2.45) is 0 Å². The Kier molecular flexibility index (Phi) is 11.6. The maximum atomic E-state index is 14.4. The van der Waals surface area contributed by atoms with E-state index in [9.17, 15) is 4.79 Å². The number of nitrogen functional groups attached to an aromatic ring is 2. The van der Waals surface area contributed by atoms with Gasteiger partial charge in [-0.3, -0.25) is 4.79 Å². The van der Waals surface area contributed by atoms with Crippen molar-refractivity contribution in [3.05, 3.63) is 178 Å². The number of rotatable bonds is 14. The first-order chi connectivity index (χ1) is 28.3. The van der Waals surface area contributed by atoms with Crippen molar-refractivity contribution in [2.75, 3.05) is 22.1 Å². The Morgan fingerprint density at radius 2 is 0.948 bits per heavy atom. The van der Waals surface area contributed by atoms with Gasteiger partial charge in [0.1, 0.15) is 36.3 Å². The Morgan fingerprint density at radius 1 is 0.552 bits per heavy atom. The summed E-state index contributed by atoms with van der Waals surface area (Å²) in [4.78, 5) is 24.9. The number of halogens is 2. The molecule has 0 radical (unpaired) electrons. The van der Waals surface area contributed by atoms with Crippen LogP contribution >= 0.6 is 45.9 Å². The molecular weight excluding hydrogens is 808 g/mol. The van der Waals surface area contributed by atoms with E-state index in [1.54, 1.807) is 48.5 Å². The lowest BCUT2D eigenvalue weighted by Crippen LogP contribution is -2.05. The highest BCUT2D eigenvalue weighted by Crippen LogP contribution is 2.44. The second kappa shape index (κ2) is 17.4. The summed E-state index contributed by atoms with van der Waals surface area (Å²) in [7, 11) is 0. The van der Waals surface area contributed by atoms with Crippen LogP contribution in [0.1, 0.15) is 27.0 Å². The average molecular weight is 842 g/mol. The van der Waals surface area contributed by atoms with Crippen LogP contribution in [0.4, 0.5) is 33.3 Å². The van der Waals surface area contributed by atoms with Crippen LogP contribution in [0.3, 0.4) is 0 Å². The van der Waals surface area contributed by atoms with Gasteiger partial charge in [0.2, 0.25) is 0 Å². The molecule has 0 atom stereocenters. The van der Waals surface area contributed by atoms with Crippen LogP contribution < -0.4 is 31.6 Å². The Balaban J connectivity index is 1.12. The predicted octanol–water partition coefficient (Wildman–Crippen LogP) is 12.3. The molecule has 58 heavy (non-hydrogen) atoms. The van der Waals surface area contributed by atoms with Crippen LogP contribution in [0, 0.1) is 0 Å². The number of hydrogen-bond donors (Lipinski definition) is 4. The van der Waals surface area contributed by atoms with Gasteiger partial charge in [-0.2, -0.15) is 0 Å². The molecule has 0 aliphatic carbocycles. The van der Waals surface area contributed by atoms with Crippen LogP contribution in [0.2, 0.25) is 10.0 Å². The number of anilines is 6. The number of nitrogens with zero attached hydrogens (tertiary/aromatic N) is 2. The van der Waals surface area contributed by atoms with Crippen LogP contribution in [-0.4, -0.2) is 15.8 Å². The zero-order valence-corrected chi connectivity index (χ0v) is 33.8. The van der Waals surface area contributed by atoms with E-state index in [0.29, 0.717) is 75.5 Å². The fraction of sp³-hybridized carbons (Fsp3) is 0.0444. The Hall–Kier alpha value is -6.37. The average Bonchev–Trinajstić information content (AvgIpc) is 3.81. The fourth-order valence-electron chi connectivity index (χ4n) is 6.05. The summed E-state index contributed by atoms with van der Waals surface area (Å²) in [5.74, 6) is 1.40. The molecular formula is C45H34Cl2N6O3S2. The highest BCUT2D eigenvalue weighted by Gasteiger charge is 2.22. The monoisotopic (exact) mass is 840 g/mol. The van der Waals surface area contributed by atoms with Crippen molar-refractivity contribution in [3.63, 3.8) is 0 Å². The molecule has 0 bridgehead atoms. The smallest absolute Gasteiger partial charge is 0.193 e. The molecule has 0 amide bonds. The molecule has 0 saturated carbocycles. The van der Waals surface area contributed by atoms with Crippen LogP contribution in [0.25, 0.3) is 20.9 Å². The van der Waals surface area contributed by atoms with Gasteiger partial charge >= 0.3 is 0 Å². The number of nitrogens with one attached hydrogen (secondary N) is 2. The van der Waals surface area contributed by atoms with Gasteiger partial charge in [-0.25, -0.2) is 9.97 Å². The zero-order chi connectivity index (χ0) is 40.0. The van der Waals surface area contributed by atoms with Crippen molar-refractivity contribution in [1.29, 1.82) is 0 Å². The summed E-state index contributed by atoms with van der Waals surface area (Å²) < 4.78 is 12.9. The van der Waals surface area contributed by atoms with Crippen molar-refractivity contribution < 1.29 is 14.3 Å². The van der Waals surface area contributed by atoms with Crippen LogP contribution in [0.5, 0.6) is 11.5 Å². The Bertz CT molecular complexity index is 2510. The second-order valence-corrected chi connectivity index (χ2v) is 15.9. The quantitative estimate of drug-likeness (QED) is 0.0788. The molecule has 13 heteroatoms. The summed E-state index contributed by atoms with van der Waals surface area (Å²) >= 11 is 14.9. The molecule has 0 unspecified atom stereocenters. The molecule has 6 N–H and O–H groups in total. The topological polar surface area (TPSA) is 137 Å². The molecule has 2 heterocycles. The first-order valence-electron chi connectivity index (χ1n) is 18.0. The third kappa shape index (κ3) is 9.09. The Morgan fingerprint density at radius 3 is 1.34 bits per heavy atom. The van der Waals surface area contributed by atoms with Gasteiger partial charge in [0.15, 0.2) is 16.0 Å². The summed E-state index contributed by atoms with van der Waals surface area (Å²) in [6, 6.07) is 45.0. The molecule has 0 spiro atoms. The summed E-state index contributed by atoms with van der Waals surface area (Å²) in [5, 5.41) is 9.05. The maximum Gasteiger partial charge on any atom is 0.193 e. The van der Waals surface area contributed by atoms with Gasteiger partial charge in [0.05, 0.1) is 9.75 Å². The summed E-state index contributed by atoms with van der Waals surface area (Å²) in [5.41, 5.74) is 18.8. The van der Waals surface area contributed by atoms with E-state index in [-0.39, 0.29) is 19.0 Å². The zero-order valence-electron chi connectivity index (χ0n) is 30.6.